The molecule has 0 fully saturated rings. The van der Waals surface area contributed by atoms with Gasteiger partial charge in [-0.05, 0) is 36.6 Å². The number of nitro benzene ring substituents is 1. The molecule has 2 aromatic carbocycles. The van der Waals surface area contributed by atoms with Crippen LogP contribution in [0.5, 0.6) is 0 Å². The smallest absolute Gasteiger partial charge is 0.269 e. The maximum Gasteiger partial charge on any atom is 0.269 e. The van der Waals surface area contributed by atoms with E-state index < -0.39 is 4.92 Å². The molecule has 0 N–H and O–H groups in total. The van der Waals surface area contributed by atoms with Gasteiger partial charge < -0.3 is 4.57 Å². The highest BCUT2D eigenvalue weighted by Crippen LogP contribution is 2.30. The summed E-state index contributed by atoms with van der Waals surface area (Å²) in [5.74, 6) is -0.0877. The van der Waals surface area contributed by atoms with Crippen LogP contribution in [0.3, 0.4) is 0 Å². The molecule has 0 atom stereocenters. The maximum atomic E-state index is 13.2. The molecule has 0 saturated heterocycles. The van der Waals surface area contributed by atoms with E-state index in [-0.39, 0.29) is 18.0 Å². The Morgan fingerprint density at radius 3 is 2.74 bits per heavy atom. The summed E-state index contributed by atoms with van der Waals surface area (Å²) >= 11 is 1.50. The summed E-state index contributed by atoms with van der Waals surface area (Å²) in [6.45, 7) is 3.29. The quantitative estimate of drug-likeness (QED) is 0.302. The average molecular weight is 436 g/mol. The van der Waals surface area contributed by atoms with Gasteiger partial charge in [-0.2, -0.15) is 0 Å². The minimum Gasteiger partial charge on any atom is -0.337 e. The Bertz CT molecular complexity index is 1200. The van der Waals surface area contributed by atoms with E-state index in [0.29, 0.717) is 11.7 Å². The monoisotopic (exact) mass is 435 g/mol. The second-order valence-corrected chi connectivity index (χ2v) is 8.28. The second kappa shape index (κ2) is 9.05. The number of rotatable bonds is 8. The normalized spacial score (nSPS) is 11.0. The highest BCUT2D eigenvalue weighted by Gasteiger charge is 2.20. The Kier molecular flexibility index (Phi) is 6.03. The first-order chi connectivity index (χ1) is 15.0. The molecule has 0 radical (unpaired) electrons. The standard InChI is InChI=1S/C22H21N5O3S/c1-16-3-8-19-20(13-16)31-22(24-19)26(11-2-10-25-12-9-23-15-25)21(28)14-17-4-6-18(7-5-17)27(29)30/h3-9,12-13,15H,2,10-11,14H2,1H3. The van der Waals surface area contributed by atoms with Crippen molar-refractivity contribution in [1.82, 2.24) is 14.5 Å². The van der Waals surface area contributed by atoms with E-state index in [0.717, 1.165) is 34.3 Å². The molecule has 0 spiro atoms. The topological polar surface area (TPSA) is 94.2 Å². The molecule has 0 aliphatic heterocycles. The van der Waals surface area contributed by atoms with E-state index in [4.69, 9.17) is 0 Å². The number of anilines is 1. The van der Waals surface area contributed by atoms with Crippen molar-refractivity contribution in [1.29, 1.82) is 0 Å². The molecule has 2 aromatic heterocycles. The molecule has 31 heavy (non-hydrogen) atoms. The lowest BCUT2D eigenvalue weighted by Gasteiger charge is -2.20. The van der Waals surface area contributed by atoms with Crippen LogP contribution in [0, 0.1) is 17.0 Å². The van der Waals surface area contributed by atoms with Crippen LogP contribution in [0.25, 0.3) is 10.2 Å². The van der Waals surface area contributed by atoms with Gasteiger partial charge in [0.15, 0.2) is 5.13 Å². The summed E-state index contributed by atoms with van der Waals surface area (Å²) in [6, 6.07) is 12.1. The summed E-state index contributed by atoms with van der Waals surface area (Å²) < 4.78 is 3.01. The SMILES string of the molecule is Cc1ccc2nc(N(CCCn3ccnc3)C(=O)Cc3ccc([N+](=O)[O-])cc3)sc2c1. The molecule has 4 rings (SSSR count). The maximum absolute atomic E-state index is 13.2. The van der Waals surface area contributed by atoms with E-state index in [1.165, 1.54) is 23.5 Å². The average Bonchev–Trinajstić information content (AvgIpc) is 3.40. The number of thiazole rings is 1. The number of nitro groups is 1. The Morgan fingerprint density at radius 2 is 2.03 bits per heavy atom. The number of hydrogen-bond acceptors (Lipinski definition) is 6. The number of nitrogens with zero attached hydrogens (tertiary/aromatic N) is 5. The van der Waals surface area contributed by atoms with Crippen molar-refractivity contribution in [2.24, 2.45) is 0 Å². The molecular weight excluding hydrogens is 414 g/mol. The fraction of sp³-hybridized carbons (Fsp3) is 0.227. The lowest BCUT2D eigenvalue weighted by atomic mass is 10.1. The van der Waals surface area contributed by atoms with Gasteiger partial charge in [0, 0.05) is 37.6 Å². The summed E-state index contributed by atoms with van der Waals surface area (Å²) in [4.78, 5) is 34.1. The number of amides is 1. The number of hydrogen-bond donors (Lipinski definition) is 0. The molecule has 158 valence electrons. The van der Waals surface area contributed by atoms with Crippen molar-refractivity contribution in [3.8, 4) is 0 Å². The lowest BCUT2D eigenvalue weighted by Crippen LogP contribution is -2.33. The highest BCUT2D eigenvalue weighted by molar-refractivity contribution is 7.22. The molecule has 0 aliphatic carbocycles. The number of aromatic nitrogens is 3. The number of non-ortho nitro benzene ring substituents is 1. The van der Waals surface area contributed by atoms with E-state index in [2.05, 4.69) is 16.0 Å². The molecule has 4 aromatic rings. The van der Waals surface area contributed by atoms with E-state index in [9.17, 15) is 14.9 Å². The zero-order chi connectivity index (χ0) is 21.8. The molecule has 0 unspecified atom stereocenters. The van der Waals surface area contributed by atoms with Crippen LogP contribution in [-0.4, -0.2) is 31.9 Å². The number of fused-ring (bicyclic) bond motifs is 1. The number of carbonyl (C=O) groups is 1. The summed E-state index contributed by atoms with van der Waals surface area (Å²) in [5, 5.41) is 11.5. The Balaban J connectivity index is 1.55. The summed E-state index contributed by atoms with van der Waals surface area (Å²) in [7, 11) is 0. The summed E-state index contributed by atoms with van der Waals surface area (Å²) in [6.07, 6.45) is 6.27. The van der Waals surface area contributed by atoms with E-state index in [1.807, 2.05) is 29.8 Å². The van der Waals surface area contributed by atoms with Gasteiger partial charge in [0.25, 0.3) is 5.69 Å². The van der Waals surface area contributed by atoms with Crippen LogP contribution in [0.4, 0.5) is 10.8 Å². The lowest BCUT2D eigenvalue weighted by molar-refractivity contribution is -0.384. The van der Waals surface area contributed by atoms with Gasteiger partial charge in [-0.25, -0.2) is 9.97 Å². The second-order valence-electron chi connectivity index (χ2n) is 7.27. The zero-order valence-corrected chi connectivity index (χ0v) is 17.8. The fourth-order valence-electron chi connectivity index (χ4n) is 3.30. The molecule has 0 bridgehead atoms. The first kappa shape index (κ1) is 20.7. The van der Waals surface area contributed by atoms with Crippen molar-refractivity contribution in [3.63, 3.8) is 0 Å². The molecule has 0 aliphatic rings. The minimum atomic E-state index is -0.447. The van der Waals surface area contributed by atoms with Crippen LogP contribution in [0.2, 0.25) is 0 Å². The predicted octanol–water partition coefficient (Wildman–Crippen LogP) is 4.38. The number of carbonyl (C=O) groups excluding carboxylic acids is 1. The number of aryl methyl sites for hydroxylation is 2. The van der Waals surface area contributed by atoms with Crippen molar-refractivity contribution in [2.75, 3.05) is 11.4 Å². The molecule has 9 heteroatoms. The molecule has 8 nitrogen and oxygen atoms in total. The van der Waals surface area contributed by atoms with E-state index in [1.54, 1.807) is 29.6 Å². The molecular formula is C22H21N5O3S. The summed E-state index contributed by atoms with van der Waals surface area (Å²) in [5.41, 5.74) is 2.75. The third kappa shape index (κ3) is 4.95. The predicted molar refractivity (Wildman–Crippen MR) is 120 cm³/mol. The van der Waals surface area contributed by atoms with Crippen molar-refractivity contribution in [3.05, 3.63) is 82.4 Å². The number of imidazole rings is 1. The Hall–Kier alpha value is -3.59. The highest BCUT2D eigenvalue weighted by atomic mass is 32.1. The Morgan fingerprint density at radius 1 is 1.23 bits per heavy atom. The minimum absolute atomic E-state index is 0.00919. The molecule has 1 amide bonds. The fourth-order valence-corrected chi connectivity index (χ4v) is 4.41. The van der Waals surface area contributed by atoms with Crippen molar-refractivity contribution < 1.29 is 9.72 Å². The zero-order valence-electron chi connectivity index (χ0n) is 17.0. The van der Waals surface area contributed by atoms with Crippen LogP contribution in [0.15, 0.2) is 61.2 Å². The molecule has 0 saturated carbocycles. The van der Waals surface area contributed by atoms with Crippen molar-refractivity contribution in [2.45, 2.75) is 26.3 Å². The van der Waals surface area contributed by atoms with Gasteiger partial charge in [0.05, 0.1) is 27.9 Å². The third-order valence-electron chi connectivity index (χ3n) is 4.92. The van der Waals surface area contributed by atoms with Gasteiger partial charge in [-0.1, -0.05) is 29.5 Å². The first-order valence-electron chi connectivity index (χ1n) is 9.86. The van der Waals surface area contributed by atoms with Gasteiger partial charge in [-0.15, -0.1) is 0 Å². The first-order valence-corrected chi connectivity index (χ1v) is 10.7. The van der Waals surface area contributed by atoms with Gasteiger partial charge in [-0.3, -0.25) is 19.8 Å². The van der Waals surface area contributed by atoms with Crippen LogP contribution in [0.1, 0.15) is 17.5 Å². The van der Waals surface area contributed by atoms with E-state index >= 15 is 0 Å². The number of benzene rings is 2. The third-order valence-corrected chi connectivity index (χ3v) is 5.97. The van der Waals surface area contributed by atoms with Gasteiger partial charge in [0.2, 0.25) is 5.91 Å². The molecule has 2 heterocycles. The largest absolute Gasteiger partial charge is 0.337 e. The van der Waals surface area contributed by atoms with Crippen LogP contribution in [-0.2, 0) is 17.8 Å². The van der Waals surface area contributed by atoms with Crippen molar-refractivity contribution >= 4 is 38.3 Å². The van der Waals surface area contributed by atoms with Crippen LogP contribution < -0.4 is 4.90 Å². The van der Waals surface area contributed by atoms with Gasteiger partial charge in [0.1, 0.15) is 0 Å². The van der Waals surface area contributed by atoms with Gasteiger partial charge >= 0.3 is 0 Å². The Labute approximate surface area is 182 Å². The van der Waals surface area contributed by atoms with Crippen LogP contribution >= 0.6 is 11.3 Å².